The molecule has 0 unspecified atom stereocenters. The summed E-state index contributed by atoms with van der Waals surface area (Å²) in [7, 11) is 0. The zero-order valence-electron chi connectivity index (χ0n) is 14.5. The Bertz CT molecular complexity index is 977. The van der Waals surface area contributed by atoms with Crippen LogP contribution in [0.5, 0.6) is 0 Å². The van der Waals surface area contributed by atoms with Gasteiger partial charge in [0.25, 0.3) is 11.1 Å². The summed E-state index contributed by atoms with van der Waals surface area (Å²) in [4.78, 5) is 23.1. The van der Waals surface area contributed by atoms with Gasteiger partial charge in [0.1, 0.15) is 5.75 Å². The van der Waals surface area contributed by atoms with E-state index in [0.717, 1.165) is 17.3 Å². The second-order valence-corrected chi connectivity index (χ2v) is 6.56. The monoisotopic (exact) mass is 400 g/mol. The molecule has 2 aromatic carbocycles. The number of hydrogen-bond acceptors (Lipinski definition) is 8. The molecule has 0 atom stereocenters. The second kappa shape index (κ2) is 9.02. The number of benzene rings is 2. The molecule has 3 aromatic rings. The van der Waals surface area contributed by atoms with Gasteiger partial charge < -0.3 is 14.8 Å². The number of carbonyl (C=O) groups excluding carboxylic acids is 1. The van der Waals surface area contributed by atoms with Crippen LogP contribution in [-0.2, 0) is 11.3 Å². The maximum Gasteiger partial charge on any atom is 0.314 e. The van der Waals surface area contributed by atoms with E-state index in [-0.39, 0.29) is 34.0 Å². The summed E-state index contributed by atoms with van der Waals surface area (Å²) in [5, 5.41) is 28.5. The molecule has 28 heavy (non-hydrogen) atoms. The molecule has 0 aliphatic carbocycles. The van der Waals surface area contributed by atoms with Crippen molar-refractivity contribution in [3.63, 3.8) is 0 Å². The average Bonchev–Trinajstić information content (AvgIpc) is 3.20. The lowest BCUT2D eigenvalue weighted by Gasteiger charge is -2.08. The van der Waals surface area contributed by atoms with Gasteiger partial charge in [0.15, 0.2) is 0 Å². The highest BCUT2D eigenvalue weighted by molar-refractivity contribution is 7.99. The van der Waals surface area contributed by atoms with Crippen molar-refractivity contribution in [1.29, 1.82) is 0 Å². The Morgan fingerprint density at radius 3 is 2.61 bits per heavy atom. The predicted molar refractivity (Wildman–Crippen MR) is 101 cm³/mol. The van der Waals surface area contributed by atoms with Gasteiger partial charge in [-0.1, -0.05) is 42.1 Å². The highest BCUT2D eigenvalue weighted by Crippen LogP contribution is 2.26. The van der Waals surface area contributed by atoms with Crippen LogP contribution in [0.25, 0.3) is 11.5 Å². The van der Waals surface area contributed by atoms with Crippen molar-refractivity contribution in [2.24, 2.45) is 0 Å². The van der Waals surface area contributed by atoms with E-state index in [1.807, 2.05) is 35.8 Å². The average molecular weight is 400 g/mol. The van der Waals surface area contributed by atoms with Crippen LogP contribution < -0.4 is 10.8 Å². The number of aromatic nitrogens is 2. The van der Waals surface area contributed by atoms with Crippen molar-refractivity contribution in [2.45, 2.75) is 11.8 Å². The minimum atomic E-state index is -1.01. The molecule has 3 rings (SSSR count). The summed E-state index contributed by atoms with van der Waals surface area (Å²) in [6.45, 7) is 0.350. The lowest BCUT2D eigenvalue weighted by Crippen LogP contribution is -2.22. The molecular formula is C18H16N4O5S. The van der Waals surface area contributed by atoms with Gasteiger partial charge in [-0.05, 0) is 23.8 Å². The third kappa shape index (κ3) is 5.09. The van der Waals surface area contributed by atoms with Crippen LogP contribution >= 0.6 is 11.8 Å². The van der Waals surface area contributed by atoms with Crippen LogP contribution in [0.3, 0.4) is 0 Å². The molecule has 10 heteroatoms. The van der Waals surface area contributed by atoms with Crippen molar-refractivity contribution in [3.8, 4) is 11.5 Å². The molecule has 0 bridgehead atoms. The van der Waals surface area contributed by atoms with Crippen LogP contribution in [0.1, 0.15) is 15.9 Å². The van der Waals surface area contributed by atoms with E-state index >= 15 is 0 Å². The van der Waals surface area contributed by atoms with E-state index in [4.69, 9.17) is 9.52 Å². The third-order valence-corrected chi connectivity index (χ3v) is 4.40. The Morgan fingerprint density at radius 1 is 1.11 bits per heavy atom. The van der Waals surface area contributed by atoms with Gasteiger partial charge in [0.05, 0.1) is 5.69 Å². The van der Waals surface area contributed by atoms with Crippen LogP contribution in [0.4, 0.5) is 5.69 Å². The summed E-state index contributed by atoms with van der Waals surface area (Å²) in [5.41, 5.74) is 3.90. The molecule has 1 amide bonds. The molecule has 0 saturated heterocycles. The topological polar surface area (TPSA) is 138 Å². The van der Waals surface area contributed by atoms with Gasteiger partial charge in [-0.3, -0.25) is 20.3 Å². The first-order valence-electron chi connectivity index (χ1n) is 8.11. The molecule has 1 heterocycles. The number of hydrogen-bond donors (Lipinski definition) is 4. The standard InChI is InChI=1S/C18H16N4O5S/c23-15(24)10-28-18-21-20-17(27-18)13-6-12(7-14(8-13)22-26)16(25)19-9-11-4-2-1-3-5-11/h1-8,22,26H,9-10H2,(H,19,25)(H,23,24). The quantitative estimate of drug-likeness (QED) is 0.332. The summed E-state index contributed by atoms with van der Waals surface area (Å²) >= 11 is 0.886. The van der Waals surface area contributed by atoms with Gasteiger partial charge in [-0.25, -0.2) is 0 Å². The molecule has 0 radical (unpaired) electrons. The first kappa shape index (κ1) is 19.4. The van der Waals surface area contributed by atoms with Crippen molar-refractivity contribution in [2.75, 3.05) is 11.2 Å². The van der Waals surface area contributed by atoms with Crippen molar-refractivity contribution < 1.29 is 24.3 Å². The van der Waals surface area contributed by atoms with Crippen molar-refractivity contribution in [3.05, 3.63) is 59.7 Å². The lowest BCUT2D eigenvalue weighted by molar-refractivity contribution is -0.133. The third-order valence-electron chi connectivity index (χ3n) is 3.59. The molecule has 144 valence electrons. The zero-order chi connectivity index (χ0) is 19.9. The number of rotatable bonds is 8. The van der Waals surface area contributed by atoms with Gasteiger partial charge in [0.2, 0.25) is 5.89 Å². The van der Waals surface area contributed by atoms with E-state index in [9.17, 15) is 14.8 Å². The molecule has 9 nitrogen and oxygen atoms in total. The van der Waals surface area contributed by atoms with E-state index < -0.39 is 5.97 Å². The molecule has 4 N–H and O–H groups in total. The maximum atomic E-state index is 12.5. The van der Waals surface area contributed by atoms with Crippen LogP contribution in [0.2, 0.25) is 0 Å². The fourth-order valence-corrected chi connectivity index (χ4v) is 2.82. The Hall–Kier alpha value is -3.37. The molecule has 0 aliphatic heterocycles. The number of nitrogens with zero attached hydrogens (tertiary/aromatic N) is 2. The highest BCUT2D eigenvalue weighted by Gasteiger charge is 2.15. The number of anilines is 1. The predicted octanol–water partition coefficient (Wildman–Crippen LogP) is 2.64. The number of carboxylic acids is 1. The maximum absolute atomic E-state index is 12.5. The van der Waals surface area contributed by atoms with Gasteiger partial charge in [0, 0.05) is 17.7 Å². The molecule has 0 fully saturated rings. The molecule has 0 saturated carbocycles. The molecule has 0 spiro atoms. The van der Waals surface area contributed by atoms with Crippen molar-refractivity contribution >= 4 is 29.3 Å². The number of thioether (sulfide) groups is 1. The summed E-state index contributed by atoms with van der Waals surface area (Å²) in [6, 6.07) is 14.0. The number of carbonyl (C=O) groups is 2. The fourth-order valence-electron chi connectivity index (χ4n) is 2.34. The smallest absolute Gasteiger partial charge is 0.314 e. The number of amides is 1. The van der Waals surface area contributed by atoms with Gasteiger partial charge >= 0.3 is 5.97 Å². The Labute approximate surface area is 163 Å². The minimum absolute atomic E-state index is 0.0924. The van der Waals surface area contributed by atoms with Crippen LogP contribution in [-0.4, -0.2) is 38.1 Å². The lowest BCUT2D eigenvalue weighted by atomic mass is 10.1. The first-order chi connectivity index (χ1) is 13.5. The van der Waals surface area contributed by atoms with Gasteiger partial charge in [-0.2, -0.15) is 0 Å². The van der Waals surface area contributed by atoms with E-state index in [2.05, 4.69) is 15.5 Å². The highest BCUT2D eigenvalue weighted by atomic mass is 32.2. The Balaban J connectivity index is 1.78. The number of carboxylic acid groups (broad SMARTS) is 1. The first-order valence-corrected chi connectivity index (χ1v) is 9.09. The van der Waals surface area contributed by atoms with E-state index in [0.29, 0.717) is 12.1 Å². The molecule has 0 aliphatic rings. The Kier molecular flexibility index (Phi) is 6.25. The summed E-state index contributed by atoms with van der Waals surface area (Å²) in [5.74, 6) is -1.47. The minimum Gasteiger partial charge on any atom is -0.481 e. The summed E-state index contributed by atoms with van der Waals surface area (Å²) in [6.07, 6.45) is 0. The summed E-state index contributed by atoms with van der Waals surface area (Å²) < 4.78 is 5.42. The normalized spacial score (nSPS) is 10.5. The van der Waals surface area contributed by atoms with Crippen molar-refractivity contribution in [1.82, 2.24) is 15.5 Å². The molecular weight excluding hydrogens is 384 g/mol. The number of nitrogens with one attached hydrogen (secondary N) is 2. The number of aliphatic carboxylic acids is 1. The SMILES string of the molecule is O=C(O)CSc1nnc(-c2cc(NO)cc(C(=O)NCc3ccccc3)c2)o1. The van der Waals surface area contributed by atoms with Gasteiger partial charge in [-0.15, -0.1) is 10.2 Å². The van der Waals surface area contributed by atoms with Crippen LogP contribution in [0.15, 0.2) is 58.2 Å². The van der Waals surface area contributed by atoms with E-state index in [1.54, 1.807) is 6.07 Å². The largest absolute Gasteiger partial charge is 0.481 e. The van der Waals surface area contributed by atoms with Crippen LogP contribution in [0, 0.1) is 0 Å². The van der Waals surface area contributed by atoms with E-state index in [1.165, 1.54) is 12.1 Å². The second-order valence-electron chi connectivity index (χ2n) is 5.63. The Morgan fingerprint density at radius 2 is 1.89 bits per heavy atom. The molecule has 1 aromatic heterocycles. The zero-order valence-corrected chi connectivity index (χ0v) is 15.3. The fraction of sp³-hybridized carbons (Fsp3) is 0.111.